The predicted molar refractivity (Wildman–Crippen MR) is 143 cm³/mol. The van der Waals surface area contributed by atoms with E-state index in [1.54, 1.807) is 6.92 Å². The quantitative estimate of drug-likeness (QED) is 0.274. The average Bonchev–Trinajstić information content (AvgIpc) is 2.93. The number of nitrogens with two attached hydrogens (primary N) is 2. The average molecular weight is 574 g/mol. The van der Waals surface area contributed by atoms with Gasteiger partial charge < -0.3 is 36.3 Å². The van der Waals surface area contributed by atoms with Crippen LogP contribution < -0.4 is 26.8 Å². The van der Waals surface area contributed by atoms with Crippen LogP contribution in [0.15, 0.2) is 60.9 Å². The highest BCUT2D eigenvalue weighted by molar-refractivity contribution is 5.85. The molecule has 1 aromatic heterocycles. The number of anilines is 1. The molecule has 4 atom stereocenters. The lowest BCUT2D eigenvalue weighted by Gasteiger charge is -2.35. The Hall–Kier alpha value is -4.36. The molecule has 3 aromatic rings. The highest BCUT2D eigenvalue weighted by Gasteiger charge is 2.32. The summed E-state index contributed by atoms with van der Waals surface area (Å²) in [5, 5.41) is 6.11. The third-order valence-corrected chi connectivity index (χ3v) is 6.66. The fourth-order valence-electron chi connectivity index (χ4n) is 4.61. The Morgan fingerprint density at radius 1 is 1.02 bits per heavy atom. The highest BCUT2D eigenvalue weighted by Crippen LogP contribution is 2.34. The number of aromatic nitrogens is 1. The van der Waals surface area contributed by atoms with E-state index in [4.69, 9.17) is 25.7 Å². The van der Waals surface area contributed by atoms with Gasteiger partial charge in [0, 0.05) is 12.5 Å². The molecule has 1 aliphatic heterocycles. The molecule has 1 aliphatic rings. The number of hydrogen-bond donors (Lipinski definition) is 4. The molecule has 0 saturated carbocycles. The molecule has 2 aromatic carbocycles. The van der Waals surface area contributed by atoms with Gasteiger partial charge in [0.2, 0.25) is 5.91 Å². The Morgan fingerprint density at radius 3 is 2.17 bits per heavy atom. The fourth-order valence-corrected chi connectivity index (χ4v) is 4.61. The molecule has 4 rings (SSSR count). The summed E-state index contributed by atoms with van der Waals surface area (Å²) < 4.78 is 58.9. The smallest absolute Gasteiger partial charge is 0.404 e. The van der Waals surface area contributed by atoms with Gasteiger partial charge in [-0.1, -0.05) is 24.3 Å². The van der Waals surface area contributed by atoms with Crippen molar-refractivity contribution >= 4 is 17.7 Å². The maximum absolute atomic E-state index is 15.0. The van der Waals surface area contributed by atoms with Gasteiger partial charge in [-0.15, -0.1) is 0 Å². The zero-order valence-electron chi connectivity index (χ0n) is 22.1. The van der Waals surface area contributed by atoms with Gasteiger partial charge in [-0.05, 0) is 42.3 Å². The normalized spacial score (nSPS) is 19.4. The largest absolute Gasteiger partial charge is 0.485 e. The van der Waals surface area contributed by atoms with Gasteiger partial charge in [0.1, 0.15) is 37.0 Å². The third-order valence-electron chi connectivity index (χ3n) is 6.66. The number of halogens is 3. The molecule has 218 valence electrons. The van der Waals surface area contributed by atoms with E-state index < -0.39 is 47.5 Å². The lowest BCUT2D eigenvalue weighted by molar-refractivity contribution is -0.119. The molecule has 1 saturated heterocycles. The van der Waals surface area contributed by atoms with E-state index in [0.717, 1.165) is 6.20 Å². The standard InChI is InChI=1S/C28H30F3N5O5/c1-15-23(14-40-28(33)38)35-10-20(41-15)13-39-26-21(31)11-34-12-22(26)36-25(27(32)37)24(16-2-6-18(29)7-3-16)17-4-8-19(30)9-5-17/h2-9,11-12,15,20,23-25,35-36H,10,13-14H2,1H3,(H2,32,37)(H2,33,38)/t15-,20+,23-,25+/m1/s1. The van der Waals surface area contributed by atoms with Gasteiger partial charge in [-0.25, -0.2) is 18.0 Å². The van der Waals surface area contributed by atoms with Crippen LogP contribution in [0, 0.1) is 17.5 Å². The van der Waals surface area contributed by atoms with Crippen LogP contribution in [0.25, 0.3) is 0 Å². The number of nitrogens with one attached hydrogen (secondary N) is 2. The van der Waals surface area contributed by atoms with Crippen LogP contribution in [0.2, 0.25) is 0 Å². The van der Waals surface area contributed by atoms with Crippen molar-refractivity contribution in [1.82, 2.24) is 10.3 Å². The van der Waals surface area contributed by atoms with E-state index >= 15 is 0 Å². The number of amides is 2. The molecule has 10 nitrogen and oxygen atoms in total. The van der Waals surface area contributed by atoms with E-state index in [1.807, 2.05) is 0 Å². The van der Waals surface area contributed by atoms with Gasteiger partial charge in [0.05, 0.1) is 30.2 Å². The molecule has 0 unspecified atom stereocenters. The van der Waals surface area contributed by atoms with Gasteiger partial charge in [0.15, 0.2) is 11.6 Å². The lowest BCUT2D eigenvalue weighted by atomic mass is 9.84. The Bertz CT molecular complexity index is 1300. The third kappa shape index (κ3) is 7.64. The summed E-state index contributed by atoms with van der Waals surface area (Å²) >= 11 is 0. The van der Waals surface area contributed by atoms with E-state index in [1.165, 1.54) is 54.7 Å². The molecule has 2 amide bonds. The second kappa shape index (κ2) is 13.3. The maximum atomic E-state index is 15.0. The van der Waals surface area contributed by atoms with Crippen LogP contribution in [-0.2, 0) is 14.3 Å². The minimum Gasteiger partial charge on any atom is -0.485 e. The SMILES string of the molecule is C[C@H]1O[C@H](COc2c(F)cncc2N[C@H](C(N)=O)C(c2ccc(F)cc2)c2ccc(F)cc2)CN[C@@H]1COC(N)=O. The van der Waals surface area contributed by atoms with Gasteiger partial charge in [-0.3, -0.25) is 9.78 Å². The first kappa shape index (κ1) is 29.6. The summed E-state index contributed by atoms with van der Waals surface area (Å²) in [5.74, 6) is -3.62. The molecule has 2 heterocycles. The van der Waals surface area contributed by atoms with Crippen LogP contribution in [0.5, 0.6) is 5.75 Å². The summed E-state index contributed by atoms with van der Waals surface area (Å²) in [5.41, 5.74) is 11.9. The van der Waals surface area contributed by atoms with Crippen molar-refractivity contribution in [2.75, 3.05) is 25.1 Å². The first-order valence-electron chi connectivity index (χ1n) is 12.8. The van der Waals surface area contributed by atoms with Crippen LogP contribution in [-0.4, -0.2) is 61.0 Å². The second-order valence-corrected chi connectivity index (χ2v) is 9.52. The first-order valence-corrected chi connectivity index (χ1v) is 12.8. The fraction of sp³-hybridized carbons (Fsp3) is 0.321. The molecular formula is C28H30F3N5O5. The van der Waals surface area contributed by atoms with Gasteiger partial charge >= 0.3 is 6.09 Å². The summed E-state index contributed by atoms with van der Waals surface area (Å²) in [6.07, 6.45) is 0.474. The van der Waals surface area contributed by atoms with E-state index in [2.05, 4.69) is 15.6 Å². The van der Waals surface area contributed by atoms with Gasteiger partial charge in [-0.2, -0.15) is 0 Å². The van der Waals surface area contributed by atoms with E-state index in [9.17, 15) is 22.8 Å². The molecule has 1 fully saturated rings. The summed E-state index contributed by atoms with van der Waals surface area (Å²) in [7, 11) is 0. The number of primary amides is 2. The topological polar surface area (TPSA) is 151 Å². The molecule has 13 heteroatoms. The van der Waals surface area contributed by atoms with Crippen molar-refractivity contribution in [2.24, 2.45) is 11.5 Å². The van der Waals surface area contributed by atoms with Crippen LogP contribution >= 0.6 is 0 Å². The van der Waals surface area contributed by atoms with Crippen molar-refractivity contribution in [2.45, 2.75) is 37.1 Å². The summed E-state index contributed by atoms with van der Waals surface area (Å²) in [6, 6.07) is 9.36. The van der Waals surface area contributed by atoms with Gasteiger partial charge in [0.25, 0.3) is 0 Å². The molecule has 0 bridgehead atoms. The highest BCUT2D eigenvalue weighted by atomic mass is 19.1. The molecule has 0 aliphatic carbocycles. The maximum Gasteiger partial charge on any atom is 0.404 e. The summed E-state index contributed by atoms with van der Waals surface area (Å²) in [6.45, 7) is 2.04. The van der Waals surface area contributed by atoms with Crippen LogP contribution in [0.3, 0.4) is 0 Å². The number of hydrogen-bond acceptors (Lipinski definition) is 8. The van der Waals surface area contributed by atoms with Crippen LogP contribution in [0.1, 0.15) is 24.0 Å². The predicted octanol–water partition coefficient (Wildman–Crippen LogP) is 2.82. The number of morpholine rings is 1. The Morgan fingerprint density at radius 2 is 1.63 bits per heavy atom. The molecule has 0 spiro atoms. The minimum atomic E-state index is -1.20. The van der Waals surface area contributed by atoms with E-state index in [-0.39, 0.29) is 36.8 Å². The molecule has 41 heavy (non-hydrogen) atoms. The van der Waals surface area contributed by atoms with Crippen molar-refractivity contribution in [1.29, 1.82) is 0 Å². The van der Waals surface area contributed by atoms with Crippen LogP contribution in [0.4, 0.5) is 23.7 Å². The molecular weight excluding hydrogens is 543 g/mol. The number of rotatable bonds is 11. The number of carbonyl (C=O) groups excluding carboxylic acids is 2. The number of nitrogens with zero attached hydrogens (tertiary/aromatic N) is 1. The number of benzene rings is 2. The zero-order valence-corrected chi connectivity index (χ0v) is 22.1. The zero-order chi connectivity index (χ0) is 29.5. The molecule has 0 radical (unpaired) electrons. The van der Waals surface area contributed by atoms with Crippen molar-refractivity contribution < 1.29 is 37.0 Å². The Labute approximate surface area is 234 Å². The monoisotopic (exact) mass is 573 g/mol. The molecule has 6 N–H and O–H groups in total. The Balaban J connectivity index is 1.55. The van der Waals surface area contributed by atoms with E-state index in [0.29, 0.717) is 17.7 Å². The number of carbonyl (C=O) groups is 2. The number of ether oxygens (including phenoxy) is 3. The number of pyridine rings is 1. The van der Waals surface area contributed by atoms with Crippen molar-refractivity contribution in [3.05, 3.63) is 89.5 Å². The first-order chi connectivity index (χ1) is 19.6. The van der Waals surface area contributed by atoms with Crippen molar-refractivity contribution in [3.63, 3.8) is 0 Å². The second-order valence-electron chi connectivity index (χ2n) is 9.52. The Kier molecular flexibility index (Phi) is 9.63. The lowest BCUT2D eigenvalue weighted by Crippen LogP contribution is -2.55. The summed E-state index contributed by atoms with van der Waals surface area (Å²) in [4.78, 5) is 27.5. The minimum absolute atomic E-state index is 0.0227. The van der Waals surface area contributed by atoms with Crippen molar-refractivity contribution in [3.8, 4) is 5.75 Å².